The van der Waals surface area contributed by atoms with E-state index < -0.39 is 8.32 Å². The van der Waals surface area contributed by atoms with Crippen molar-refractivity contribution in [1.29, 1.82) is 0 Å². The van der Waals surface area contributed by atoms with E-state index in [0.29, 0.717) is 25.2 Å². The Bertz CT molecular complexity index is 1030. The smallest absolute Gasteiger partial charge is 0.192 e. The Balaban J connectivity index is 3.42. The second-order valence-corrected chi connectivity index (χ2v) is 20.2. The van der Waals surface area contributed by atoms with Gasteiger partial charge in [-0.05, 0) is 61.0 Å². The van der Waals surface area contributed by atoms with Gasteiger partial charge in [-0.15, -0.1) is 0 Å². The zero-order valence-corrected chi connectivity index (χ0v) is 33.8. The number of benzene rings is 1. The Morgan fingerprint density at radius 2 is 1.53 bits per heavy atom. The summed E-state index contributed by atoms with van der Waals surface area (Å²) >= 11 is 2.45. The van der Waals surface area contributed by atoms with Gasteiger partial charge in [0.1, 0.15) is 12.5 Å². The first-order valence-electron chi connectivity index (χ1n) is 16.6. The van der Waals surface area contributed by atoms with Crippen LogP contribution in [0.3, 0.4) is 0 Å². The van der Waals surface area contributed by atoms with Crippen molar-refractivity contribution in [3.8, 4) is 5.75 Å². The molecule has 0 bridgehead atoms. The Kier molecular flexibility index (Phi) is 19.1. The van der Waals surface area contributed by atoms with Gasteiger partial charge in [-0.1, -0.05) is 127 Å². The van der Waals surface area contributed by atoms with Gasteiger partial charge in [0.2, 0.25) is 0 Å². The maximum atomic E-state index is 7.33. The molecule has 0 amide bonds. The summed E-state index contributed by atoms with van der Waals surface area (Å²) in [5, 5.41) is 0.0966. The molecule has 1 rings (SSSR count). The number of hydrogen-bond donors (Lipinski definition) is 0. The average molecular weight is 757 g/mol. The van der Waals surface area contributed by atoms with Crippen molar-refractivity contribution in [1.82, 2.24) is 0 Å². The van der Waals surface area contributed by atoms with Gasteiger partial charge in [-0.2, -0.15) is 0 Å². The molecule has 0 fully saturated rings. The zero-order chi connectivity index (χ0) is 34.4. The summed E-state index contributed by atoms with van der Waals surface area (Å²) < 4.78 is 31.9. The maximum absolute atomic E-state index is 7.33. The SMILES string of the molecule is C=CC=C[C@H](C)[C@H](OCc1ccc(OC)cc1)[C@@H](C)[C@H](O[Si](C)(C)C(C)(C)C)[C@@H](C)CC(C)=C[C@H](C)[C@@H](OCOC)[C@@H](C)CI. The summed E-state index contributed by atoms with van der Waals surface area (Å²) in [6.45, 7) is 30.1. The first-order valence-corrected chi connectivity index (χ1v) is 21.0. The third kappa shape index (κ3) is 14.0. The first kappa shape index (κ1) is 42.0. The molecular weight excluding hydrogens is 691 g/mol. The lowest BCUT2D eigenvalue weighted by Gasteiger charge is -2.45. The van der Waals surface area contributed by atoms with E-state index in [1.165, 1.54) is 5.57 Å². The van der Waals surface area contributed by atoms with E-state index in [2.05, 4.69) is 129 Å². The standard InChI is InChI=1S/C38H65IO5Si/c1-15-16-17-28(3)36(42-25-33-18-20-34(41-12)21-19-33)32(7)37(44-45(13,14)38(8,9)10)30(5)23-27(2)22-29(4)35(31(6)24-39)43-26-40-11/h15-22,28-32,35-37H,1,23-26H2,2-14H3/t28-,29-,30-,31-,32+,35+,36-,37+/m0/s1. The lowest BCUT2D eigenvalue weighted by molar-refractivity contribution is -0.0976. The van der Waals surface area contributed by atoms with Crippen LogP contribution in [0.5, 0.6) is 5.75 Å². The molecule has 45 heavy (non-hydrogen) atoms. The molecule has 0 saturated heterocycles. The van der Waals surface area contributed by atoms with E-state index in [1.807, 2.05) is 24.3 Å². The van der Waals surface area contributed by atoms with Crippen molar-refractivity contribution in [3.63, 3.8) is 0 Å². The first-order chi connectivity index (χ1) is 21.0. The van der Waals surface area contributed by atoms with Crippen LogP contribution in [-0.4, -0.2) is 52.1 Å². The summed E-state index contributed by atoms with van der Waals surface area (Å²) in [6, 6.07) is 8.14. The minimum Gasteiger partial charge on any atom is -0.497 e. The molecule has 8 atom stereocenters. The monoisotopic (exact) mass is 756 g/mol. The molecule has 0 N–H and O–H groups in total. The van der Waals surface area contributed by atoms with Crippen LogP contribution in [0, 0.1) is 29.6 Å². The van der Waals surface area contributed by atoms with Gasteiger partial charge in [-0.25, -0.2) is 0 Å². The molecule has 5 nitrogen and oxygen atoms in total. The highest BCUT2D eigenvalue weighted by atomic mass is 127. The fourth-order valence-electron chi connectivity index (χ4n) is 5.81. The average Bonchev–Trinajstić information content (AvgIpc) is 2.98. The highest BCUT2D eigenvalue weighted by Gasteiger charge is 2.43. The van der Waals surface area contributed by atoms with Crippen LogP contribution >= 0.6 is 22.6 Å². The van der Waals surface area contributed by atoms with Crippen molar-refractivity contribution in [3.05, 3.63) is 66.3 Å². The minimum absolute atomic E-state index is 0.0267. The summed E-state index contributed by atoms with van der Waals surface area (Å²) in [4.78, 5) is 0. The second-order valence-electron chi connectivity index (χ2n) is 14.5. The Hall–Kier alpha value is -0.973. The fourth-order valence-corrected chi connectivity index (χ4v) is 7.79. The van der Waals surface area contributed by atoms with Crippen molar-refractivity contribution in [2.75, 3.05) is 25.4 Å². The third-order valence-electron chi connectivity index (χ3n) is 9.40. The molecule has 7 heteroatoms. The minimum atomic E-state index is -2.09. The summed E-state index contributed by atoms with van der Waals surface area (Å²) in [7, 11) is 1.29. The summed E-state index contributed by atoms with van der Waals surface area (Å²) in [6.07, 6.45) is 9.52. The van der Waals surface area contributed by atoms with Crippen LogP contribution in [0.4, 0.5) is 0 Å². The second kappa shape index (κ2) is 20.4. The van der Waals surface area contributed by atoms with E-state index in [4.69, 9.17) is 23.4 Å². The molecule has 1 aromatic carbocycles. The Morgan fingerprint density at radius 3 is 2.04 bits per heavy atom. The molecule has 0 saturated carbocycles. The molecule has 0 aliphatic rings. The van der Waals surface area contributed by atoms with Gasteiger partial charge >= 0.3 is 0 Å². The van der Waals surface area contributed by atoms with Gasteiger partial charge in [0.25, 0.3) is 0 Å². The Morgan fingerprint density at radius 1 is 0.911 bits per heavy atom. The van der Waals surface area contributed by atoms with Crippen LogP contribution in [0.25, 0.3) is 0 Å². The van der Waals surface area contributed by atoms with Gasteiger partial charge in [0.15, 0.2) is 8.32 Å². The highest BCUT2D eigenvalue weighted by Crippen LogP contribution is 2.41. The van der Waals surface area contributed by atoms with E-state index >= 15 is 0 Å². The van der Waals surface area contributed by atoms with Gasteiger partial charge in [0.05, 0.1) is 32.0 Å². The number of methoxy groups -OCH3 is 2. The van der Waals surface area contributed by atoms with Gasteiger partial charge in [0, 0.05) is 29.3 Å². The molecule has 258 valence electrons. The number of rotatable bonds is 21. The fraction of sp³-hybridized carbons (Fsp3) is 0.684. The van der Waals surface area contributed by atoms with Crippen LogP contribution in [0.1, 0.15) is 74.3 Å². The number of halogens is 1. The summed E-state index contributed by atoms with van der Waals surface area (Å²) in [5.41, 5.74) is 2.49. The molecule has 0 aromatic heterocycles. The summed E-state index contributed by atoms with van der Waals surface area (Å²) in [5.74, 6) is 2.18. The van der Waals surface area contributed by atoms with Crippen molar-refractivity contribution >= 4 is 30.9 Å². The molecule has 0 heterocycles. The van der Waals surface area contributed by atoms with Crippen LogP contribution in [0.15, 0.2) is 60.7 Å². The molecule has 0 aliphatic carbocycles. The van der Waals surface area contributed by atoms with Crippen LogP contribution in [-0.2, 0) is 25.2 Å². The zero-order valence-electron chi connectivity index (χ0n) is 30.7. The lowest BCUT2D eigenvalue weighted by Crippen LogP contribution is -2.50. The number of hydrogen-bond acceptors (Lipinski definition) is 5. The number of ether oxygens (including phenoxy) is 4. The molecule has 0 radical (unpaired) electrons. The number of alkyl halides is 1. The molecule has 0 unspecified atom stereocenters. The number of allylic oxidation sites excluding steroid dienone is 3. The van der Waals surface area contributed by atoms with Gasteiger partial charge in [-0.3, -0.25) is 0 Å². The van der Waals surface area contributed by atoms with Crippen LogP contribution in [0.2, 0.25) is 18.1 Å². The van der Waals surface area contributed by atoms with E-state index in [9.17, 15) is 0 Å². The van der Waals surface area contributed by atoms with E-state index in [1.54, 1.807) is 14.2 Å². The van der Waals surface area contributed by atoms with Crippen LogP contribution < -0.4 is 4.74 Å². The van der Waals surface area contributed by atoms with Crippen molar-refractivity contribution in [2.24, 2.45) is 29.6 Å². The maximum Gasteiger partial charge on any atom is 0.192 e. The molecule has 1 aromatic rings. The molecule has 0 spiro atoms. The van der Waals surface area contributed by atoms with Crippen molar-refractivity contribution in [2.45, 2.75) is 112 Å². The topological polar surface area (TPSA) is 46.2 Å². The van der Waals surface area contributed by atoms with E-state index in [0.717, 1.165) is 22.2 Å². The normalized spacial score (nSPS) is 18.6. The largest absolute Gasteiger partial charge is 0.497 e. The molecule has 0 aliphatic heterocycles. The van der Waals surface area contributed by atoms with Gasteiger partial charge < -0.3 is 23.4 Å². The third-order valence-corrected chi connectivity index (χ3v) is 15.3. The van der Waals surface area contributed by atoms with Crippen molar-refractivity contribution < 1.29 is 23.4 Å². The Labute approximate surface area is 291 Å². The highest BCUT2D eigenvalue weighted by molar-refractivity contribution is 14.1. The predicted octanol–water partition coefficient (Wildman–Crippen LogP) is 10.7. The lowest BCUT2D eigenvalue weighted by atomic mass is 9.81. The quantitative estimate of drug-likeness (QED) is 0.0312. The van der Waals surface area contributed by atoms with E-state index in [-0.39, 0.29) is 41.1 Å². The predicted molar refractivity (Wildman–Crippen MR) is 203 cm³/mol. The molecular formula is C38H65IO5Si.